The van der Waals surface area contributed by atoms with Crippen molar-refractivity contribution >= 4 is 23.8 Å². The Bertz CT molecular complexity index is 469. The lowest BCUT2D eigenvalue weighted by Gasteiger charge is -2.28. The van der Waals surface area contributed by atoms with Crippen LogP contribution in [0.1, 0.15) is 13.8 Å². The lowest BCUT2D eigenvalue weighted by Crippen LogP contribution is -2.47. The van der Waals surface area contributed by atoms with E-state index in [1.165, 1.54) is 13.8 Å². The molecule has 0 heterocycles. The molecule has 0 unspecified atom stereocenters. The van der Waals surface area contributed by atoms with E-state index in [0.717, 1.165) is 19.3 Å². The van der Waals surface area contributed by atoms with Crippen molar-refractivity contribution in [3.63, 3.8) is 0 Å². The van der Waals surface area contributed by atoms with Gasteiger partial charge in [0.15, 0.2) is 0 Å². The molecule has 0 radical (unpaired) electrons. The Morgan fingerprint density at radius 3 is 2.23 bits per heavy atom. The lowest BCUT2D eigenvalue weighted by molar-refractivity contribution is -0.149. The van der Waals surface area contributed by atoms with Gasteiger partial charge in [0.05, 0.1) is 13.7 Å². The number of esters is 2. The minimum atomic E-state index is -1.58. The van der Waals surface area contributed by atoms with Gasteiger partial charge in [-0.05, 0) is 0 Å². The highest BCUT2D eigenvalue weighted by Gasteiger charge is 2.35. The van der Waals surface area contributed by atoms with Crippen molar-refractivity contribution in [2.75, 3.05) is 20.3 Å². The van der Waals surface area contributed by atoms with Crippen LogP contribution in [-0.4, -0.2) is 60.4 Å². The van der Waals surface area contributed by atoms with Gasteiger partial charge in [-0.3, -0.25) is 9.59 Å². The van der Waals surface area contributed by atoms with Crippen LogP contribution in [0, 0.1) is 5.41 Å². The number of aliphatic carboxylic acids is 1. The van der Waals surface area contributed by atoms with Gasteiger partial charge in [-0.25, -0.2) is 9.59 Å². The molecule has 0 aromatic carbocycles. The number of carboxylic acid groups (broad SMARTS) is 1. The summed E-state index contributed by atoms with van der Waals surface area (Å²) in [4.78, 5) is 44.0. The maximum absolute atomic E-state index is 11.6. The molecule has 124 valence electrons. The Balaban J connectivity index is 4.46. The van der Waals surface area contributed by atoms with E-state index >= 15 is 0 Å². The predicted octanol–water partition coefficient (Wildman–Crippen LogP) is -1.15. The topological polar surface area (TPSA) is 139 Å². The lowest BCUT2D eigenvalue weighted by atomic mass is 9.87. The van der Waals surface area contributed by atoms with Gasteiger partial charge in [-0.1, -0.05) is 13.8 Å². The summed E-state index contributed by atoms with van der Waals surface area (Å²) >= 11 is 0. The molecule has 0 aliphatic rings. The van der Waals surface area contributed by atoms with Gasteiger partial charge in [0.1, 0.15) is 12.6 Å². The number of aliphatic hydroxyl groups excluding tert-OH is 1. The number of amides is 1. The fraction of sp³-hybridized carbons (Fsp3) is 0.538. The first kappa shape index (κ1) is 19.6. The Morgan fingerprint density at radius 1 is 1.18 bits per heavy atom. The molecule has 0 saturated carbocycles. The number of carbonyl (C=O) groups excluding carboxylic acids is 3. The first-order valence-corrected chi connectivity index (χ1v) is 6.20. The van der Waals surface area contributed by atoms with E-state index in [0.29, 0.717) is 0 Å². The van der Waals surface area contributed by atoms with E-state index in [4.69, 9.17) is 9.84 Å². The van der Waals surface area contributed by atoms with Crippen LogP contribution < -0.4 is 5.32 Å². The Hall–Kier alpha value is -2.42. The third kappa shape index (κ3) is 7.39. The number of carboxylic acids is 1. The largest absolute Gasteiger partial charge is 0.480 e. The molecule has 0 bridgehead atoms. The normalized spacial score (nSPS) is 12.5. The molecule has 0 fully saturated rings. The molecule has 9 heteroatoms. The van der Waals surface area contributed by atoms with Crippen LogP contribution in [0.25, 0.3) is 0 Å². The number of hydrogen-bond acceptors (Lipinski definition) is 7. The van der Waals surface area contributed by atoms with Crippen molar-refractivity contribution in [2.45, 2.75) is 20.0 Å². The standard InChI is InChI=1S/C13H19NO8/c1-13(2,11(19)12(20)14-6-8(15)16)7-22-10(18)5-4-9(17)21-3/h4-5,11,19H,6-7H2,1-3H3,(H,14,20)(H,15,16)/b5-4+/t11-/m0/s1. The SMILES string of the molecule is COC(=O)/C=C/C(=O)OCC(C)(C)[C@@H](O)C(=O)NCC(=O)O. The summed E-state index contributed by atoms with van der Waals surface area (Å²) < 4.78 is 9.10. The number of methoxy groups -OCH3 is 1. The molecule has 0 aromatic heterocycles. The number of rotatable bonds is 8. The monoisotopic (exact) mass is 317 g/mol. The second kappa shape index (κ2) is 8.78. The Labute approximate surface area is 126 Å². The fourth-order valence-electron chi connectivity index (χ4n) is 1.20. The molecule has 0 spiro atoms. The number of carbonyl (C=O) groups is 4. The Morgan fingerprint density at radius 2 is 1.73 bits per heavy atom. The second-order valence-electron chi connectivity index (χ2n) is 4.97. The summed E-state index contributed by atoms with van der Waals surface area (Å²) in [6.45, 7) is 1.96. The minimum Gasteiger partial charge on any atom is -0.480 e. The smallest absolute Gasteiger partial charge is 0.331 e. The van der Waals surface area contributed by atoms with Crippen LogP contribution in [0.4, 0.5) is 0 Å². The molecule has 22 heavy (non-hydrogen) atoms. The van der Waals surface area contributed by atoms with Gasteiger partial charge in [0, 0.05) is 17.6 Å². The summed E-state index contributed by atoms with van der Waals surface area (Å²) in [5.41, 5.74) is -1.16. The van der Waals surface area contributed by atoms with Crippen LogP contribution in [0.2, 0.25) is 0 Å². The molecular weight excluding hydrogens is 298 g/mol. The summed E-state index contributed by atoms with van der Waals surface area (Å²) in [7, 11) is 1.15. The minimum absolute atomic E-state index is 0.320. The maximum atomic E-state index is 11.6. The fourth-order valence-corrected chi connectivity index (χ4v) is 1.20. The van der Waals surface area contributed by atoms with Gasteiger partial charge in [0.25, 0.3) is 0 Å². The third-order valence-electron chi connectivity index (χ3n) is 2.55. The molecule has 0 aliphatic heterocycles. The van der Waals surface area contributed by atoms with Crippen molar-refractivity contribution < 1.29 is 38.9 Å². The number of aliphatic hydroxyl groups is 1. The van der Waals surface area contributed by atoms with E-state index in [9.17, 15) is 24.3 Å². The molecule has 1 amide bonds. The summed E-state index contributed by atoms with van der Waals surface area (Å²) in [6.07, 6.45) is 0.133. The first-order chi connectivity index (χ1) is 10.1. The molecule has 3 N–H and O–H groups in total. The van der Waals surface area contributed by atoms with Crippen LogP contribution in [0.5, 0.6) is 0 Å². The van der Waals surface area contributed by atoms with E-state index in [2.05, 4.69) is 4.74 Å². The van der Waals surface area contributed by atoms with Crippen molar-refractivity contribution in [3.05, 3.63) is 12.2 Å². The summed E-state index contributed by atoms with van der Waals surface area (Å²) in [6, 6.07) is 0. The van der Waals surface area contributed by atoms with Crippen LogP contribution in [0.15, 0.2) is 12.2 Å². The molecule has 0 rings (SSSR count). The predicted molar refractivity (Wildman–Crippen MR) is 72.5 cm³/mol. The summed E-state index contributed by atoms with van der Waals surface area (Å²) in [5.74, 6) is -3.73. The molecule has 9 nitrogen and oxygen atoms in total. The quantitative estimate of drug-likeness (QED) is 0.376. The van der Waals surface area contributed by atoms with Crippen LogP contribution in [-0.2, 0) is 28.7 Å². The van der Waals surface area contributed by atoms with Crippen LogP contribution in [0.3, 0.4) is 0 Å². The molecule has 1 atom stereocenters. The van der Waals surface area contributed by atoms with E-state index in [1.54, 1.807) is 0 Å². The average Bonchev–Trinajstić information content (AvgIpc) is 2.47. The van der Waals surface area contributed by atoms with Crippen molar-refractivity contribution in [3.8, 4) is 0 Å². The first-order valence-electron chi connectivity index (χ1n) is 6.20. The number of ether oxygens (including phenoxy) is 2. The summed E-state index contributed by atoms with van der Waals surface area (Å²) in [5, 5.41) is 20.3. The zero-order chi connectivity index (χ0) is 17.3. The van der Waals surface area contributed by atoms with Gasteiger partial charge >= 0.3 is 17.9 Å². The number of nitrogens with one attached hydrogen (secondary N) is 1. The van der Waals surface area contributed by atoms with E-state index in [1.807, 2.05) is 5.32 Å². The molecule has 0 aliphatic carbocycles. The zero-order valence-corrected chi connectivity index (χ0v) is 12.5. The highest BCUT2D eigenvalue weighted by Crippen LogP contribution is 2.21. The molecule has 0 aromatic rings. The Kier molecular flexibility index (Phi) is 7.81. The maximum Gasteiger partial charge on any atom is 0.331 e. The van der Waals surface area contributed by atoms with Crippen molar-refractivity contribution in [2.24, 2.45) is 5.41 Å². The van der Waals surface area contributed by atoms with Gasteiger partial charge in [-0.2, -0.15) is 0 Å². The van der Waals surface area contributed by atoms with Gasteiger partial charge in [-0.15, -0.1) is 0 Å². The van der Waals surface area contributed by atoms with Gasteiger partial charge < -0.3 is 25.0 Å². The zero-order valence-electron chi connectivity index (χ0n) is 12.5. The average molecular weight is 317 g/mol. The molecular formula is C13H19NO8. The highest BCUT2D eigenvalue weighted by atomic mass is 16.5. The van der Waals surface area contributed by atoms with Crippen LogP contribution >= 0.6 is 0 Å². The number of hydrogen-bond donors (Lipinski definition) is 3. The molecule has 0 saturated heterocycles. The van der Waals surface area contributed by atoms with Crippen molar-refractivity contribution in [1.82, 2.24) is 5.32 Å². The second-order valence-corrected chi connectivity index (χ2v) is 4.97. The highest BCUT2D eigenvalue weighted by molar-refractivity contribution is 5.91. The van der Waals surface area contributed by atoms with Crippen molar-refractivity contribution in [1.29, 1.82) is 0 Å². The van der Waals surface area contributed by atoms with Gasteiger partial charge in [0.2, 0.25) is 5.91 Å². The van der Waals surface area contributed by atoms with E-state index < -0.39 is 41.9 Å². The van der Waals surface area contributed by atoms with E-state index in [-0.39, 0.29) is 6.61 Å². The third-order valence-corrected chi connectivity index (χ3v) is 2.55.